The number of carbonyl (C=O) groups is 1. The van der Waals surface area contributed by atoms with Crippen LogP contribution in [0.5, 0.6) is 5.75 Å². The van der Waals surface area contributed by atoms with Crippen LogP contribution in [0.4, 0.5) is 4.39 Å². The molecule has 0 heterocycles. The highest BCUT2D eigenvalue weighted by Gasteiger charge is 2.08. The monoisotopic (exact) mass is 342 g/mol. The van der Waals surface area contributed by atoms with Gasteiger partial charge >= 0.3 is 0 Å². The Morgan fingerprint density at radius 3 is 2.62 bits per heavy atom. The lowest BCUT2D eigenvalue weighted by Crippen LogP contribution is -2.17. The zero-order valence-corrected chi connectivity index (χ0v) is 13.1. The first-order valence-corrected chi connectivity index (χ1v) is 7.43. The summed E-state index contributed by atoms with van der Waals surface area (Å²) in [6.07, 6.45) is 1.45. The Kier molecular flexibility index (Phi) is 4.44. The summed E-state index contributed by atoms with van der Waals surface area (Å²) in [5.41, 5.74) is 3.31. The van der Waals surface area contributed by atoms with Crippen molar-refractivity contribution in [3.8, 4) is 5.75 Å². The molecule has 0 aliphatic carbocycles. The van der Waals surface area contributed by atoms with Gasteiger partial charge < -0.3 is 5.11 Å². The van der Waals surface area contributed by atoms with Crippen molar-refractivity contribution in [1.29, 1.82) is 0 Å². The number of hydrogen-bond acceptors (Lipinski definition) is 3. The van der Waals surface area contributed by atoms with Crippen LogP contribution in [0, 0.1) is 5.82 Å². The molecule has 0 fully saturated rings. The summed E-state index contributed by atoms with van der Waals surface area (Å²) in [6.45, 7) is 0. The second-order valence-electron chi connectivity index (χ2n) is 5.05. The molecule has 120 valence electrons. The normalized spacial score (nSPS) is 11.1. The minimum absolute atomic E-state index is 0.0798. The van der Waals surface area contributed by atoms with E-state index in [2.05, 4.69) is 10.5 Å². The van der Waals surface area contributed by atoms with E-state index >= 15 is 0 Å². The minimum atomic E-state index is -0.473. The highest BCUT2D eigenvalue weighted by molar-refractivity contribution is 6.32. The number of fused-ring (bicyclic) bond motifs is 1. The summed E-state index contributed by atoms with van der Waals surface area (Å²) < 4.78 is 13.8. The molecule has 3 aromatic rings. The van der Waals surface area contributed by atoms with E-state index in [0.717, 1.165) is 0 Å². The molecule has 0 radical (unpaired) electrons. The lowest BCUT2D eigenvalue weighted by Gasteiger charge is -2.04. The van der Waals surface area contributed by atoms with E-state index in [1.165, 1.54) is 30.5 Å². The SMILES string of the molecule is O=C(N/N=C/c1ccc(F)c2ccccc12)c1ccc(O)c(Cl)c1. The number of nitrogens with one attached hydrogen (secondary N) is 1. The third-order valence-corrected chi connectivity index (χ3v) is 3.79. The second-order valence-corrected chi connectivity index (χ2v) is 5.45. The van der Waals surface area contributed by atoms with Gasteiger partial charge in [-0.1, -0.05) is 35.9 Å². The van der Waals surface area contributed by atoms with Gasteiger partial charge in [-0.3, -0.25) is 4.79 Å². The summed E-state index contributed by atoms with van der Waals surface area (Å²) in [4.78, 5) is 12.0. The zero-order valence-electron chi connectivity index (χ0n) is 12.3. The van der Waals surface area contributed by atoms with Gasteiger partial charge in [0, 0.05) is 16.5 Å². The summed E-state index contributed by atoms with van der Waals surface area (Å²) in [6, 6.07) is 14.1. The fourth-order valence-corrected chi connectivity index (χ4v) is 2.45. The van der Waals surface area contributed by atoms with Crippen molar-refractivity contribution in [2.45, 2.75) is 0 Å². The molecule has 0 aliphatic rings. The largest absolute Gasteiger partial charge is 0.506 e. The molecule has 0 atom stereocenters. The van der Waals surface area contributed by atoms with Gasteiger partial charge in [0.2, 0.25) is 0 Å². The molecule has 1 amide bonds. The van der Waals surface area contributed by atoms with Crippen molar-refractivity contribution in [2.24, 2.45) is 5.10 Å². The maximum absolute atomic E-state index is 13.8. The molecule has 0 aromatic heterocycles. The van der Waals surface area contributed by atoms with Crippen LogP contribution in [0.2, 0.25) is 5.02 Å². The molecule has 4 nitrogen and oxygen atoms in total. The molecule has 6 heteroatoms. The van der Waals surface area contributed by atoms with Crippen molar-refractivity contribution in [1.82, 2.24) is 5.43 Å². The van der Waals surface area contributed by atoms with Crippen LogP contribution in [-0.2, 0) is 0 Å². The number of hydrazone groups is 1. The third kappa shape index (κ3) is 3.21. The molecule has 3 rings (SSSR count). The maximum Gasteiger partial charge on any atom is 0.271 e. The van der Waals surface area contributed by atoms with E-state index in [1.54, 1.807) is 30.3 Å². The fourth-order valence-electron chi connectivity index (χ4n) is 2.27. The second kappa shape index (κ2) is 6.68. The van der Waals surface area contributed by atoms with E-state index in [1.807, 2.05) is 0 Å². The Bertz CT molecular complexity index is 957. The number of amides is 1. The molecule has 24 heavy (non-hydrogen) atoms. The molecule has 0 bridgehead atoms. The first-order chi connectivity index (χ1) is 11.6. The van der Waals surface area contributed by atoms with Gasteiger partial charge in [0.25, 0.3) is 5.91 Å². The molecular formula is C18H12ClFN2O2. The quantitative estimate of drug-likeness (QED) is 0.556. The van der Waals surface area contributed by atoms with Gasteiger partial charge in [-0.2, -0.15) is 5.10 Å². The van der Waals surface area contributed by atoms with Crippen molar-refractivity contribution in [2.75, 3.05) is 0 Å². The lowest BCUT2D eigenvalue weighted by molar-refractivity contribution is 0.0955. The van der Waals surface area contributed by atoms with Gasteiger partial charge in [0.05, 0.1) is 11.2 Å². The Hall–Kier alpha value is -2.92. The number of rotatable bonds is 3. The molecule has 2 N–H and O–H groups in total. The molecule has 0 saturated heterocycles. The average Bonchev–Trinajstić information content (AvgIpc) is 2.59. The van der Waals surface area contributed by atoms with Crippen molar-refractivity contribution >= 4 is 34.5 Å². The van der Waals surface area contributed by atoms with Crippen LogP contribution in [0.25, 0.3) is 10.8 Å². The lowest BCUT2D eigenvalue weighted by atomic mass is 10.1. The number of phenolic OH excluding ortho intramolecular Hbond substituents is 1. The molecule has 3 aromatic carbocycles. The highest BCUT2D eigenvalue weighted by Crippen LogP contribution is 2.23. The average molecular weight is 343 g/mol. The van der Waals surface area contributed by atoms with Crippen LogP contribution in [0.1, 0.15) is 15.9 Å². The maximum atomic E-state index is 13.8. The number of carbonyl (C=O) groups excluding carboxylic acids is 1. The van der Waals surface area contributed by atoms with Crippen LogP contribution in [0.3, 0.4) is 0 Å². The predicted octanol–water partition coefficient (Wildman–Crippen LogP) is 4.10. The van der Waals surface area contributed by atoms with E-state index in [0.29, 0.717) is 16.3 Å². The Labute approximate surface area is 142 Å². The first kappa shape index (κ1) is 16.0. The summed E-state index contributed by atoms with van der Waals surface area (Å²) in [7, 11) is 0. The number of hydrogen-bond donors (Lipinski definition) is 2. The number of halogens is 2. The Morgan fingerprint density at radius 1 is 1.12 bits per heavy atom. The van der Waals surface area contributed by atoms with Crippen LogP contribution in [-0.4, -0.2) is 17.2 Å². The van der Waals surface area contributed by atoms with Crippen LogP contribution >= 0.6 is 11.6 Å². The minimum Gasteiger partial charge on any atom is -0.506 e. The van der Waals surface area contributed by atoms with Crippen LogP contribution < -0.4 is 5.43 Å². The number of aromatic hydroxyl groups is 1. The molecule has 0 saturated carbocycles. The van der Waals surface area contributed by atoms with Gasteiger partial charge in [-0.25, -0.2) is 9.82 Å². The first-order valence-electron chi connectivity index (χ1n) is 7.05. The molecule has 0 aliphatic heterocycles. The number of nitrogens with zero attached hydrogens (tertiary/aromatic N) is 1. The topological polar surface area (TPSA) is 61.7 Å². The molecule has 0 spiro atoms. The standard InChI is InChI=1S/C18H12ClFN2O2/c19-15-9-11(6-8-17(15)23)18(24)22-21-10-12-5-7-16(20)14-4-2-1-3-13(12)14/h1-10,23H,(H,22,24)/b21-10+. The van der Waals surface area contributed by atoms with Crippen molar-refractivity contribution in [3.05, 3.63) is 76.6 Å². The number of benzene rings is 3. The summed E-state index contributed by atoms with van der Waals surface area (Å²) in [5, 5.41) is 14.5. The van der Waals surface area contributed by atoms with Gasteiger partial charge in [-0.15, -0.1) is 0 Å². The smallest absolute Gasteiger partial charge is 0.271 e. The van der Waals surface area contributed by atoms with Crippen molar-refractivity contribution in [3.63, 3.8) is 0 Å². The van der Waals surface area contributed by atoms with Crippen LogP contribution in [0.15, 0.2) is 59.7 Å². The number of phenols is 1. The Morgan fingerprint density at radius 2 is 1.88 bits per heavy atom. The highest BCUT2D eigenvalue weighted by atomic mass is 35.5. The van der Waals surface area contributed by atoms with Crippen molar-refractivity contribution < 1.29 is 14.3 Å². The molecule has 0 unspecified atom stereocenters. The van der Waals surface area contributed by atoms with E-state index in [4.69, 9.17) is 11.6 Å². The summed E-state index contributed by atoms with van der Waals surface area (Å²) in [5.74, 6) is -0.889. The molecular weight excluding hydrogens is 331 g/mol. The Balaban J connectivity index is 1.80. The zero-order chi connectivity index (χ0) is 17.1. The van der Waals surface area contributed by atoms with E-state index in [-0.39, 0.29) is 22.2 Å². The predicted molar refractivity (Wildman–Crippen MR) is 92.1 cm³/mol. The fraction of sp³-hybridized carbons (Fsp3) is 0. The van der Waals surface area contributed by atoms with Gasteiger partial charge in [0.15, 0.2) is 0 Å². The summed E-state index contributed by atoms with van der Waals surface area (Å²) >= 11 is 5.76. The van der Waals surface area contributed by atoms with E-state index in [9.17, 15) is 14.3 Å². The van der Waals surface area contributed by atoms with Gasteiger partial charge in [0.1, 0.15) is 11.6 Å². The van der Waals surface area contributed by atoms with E-state index < -0.39 is 5.91 Å². The van der Waals surface area contributed by atoms with Gasteiger partial charge in [-0.05, 0) is 35.7 Å². The third-order valence-electron chi connectivity index (χ3n) is 3.48.